The molecule has 7 nitrogen and oxygen atoms in total. The molecule has 4 aromatic rings. The van der Waals surface area contributed by atoms with Crippen LogP contribution in [0.5, 0.6) is 0 Å². The van der Waals surface area contributed by atoms with Crippen molar-refractivity contribution in [3.63, 3.8) is 0 Å². The summed E-state index contributed by atoms with van der Waals surface area (Å²) in [5.74, 6) is 1.95. The largest absolute Gasteiger partial charge is 0.384 e. The molecule has 138 valence electrons. The molecule has 0 unspecified atom stereocenters. The molecule has 2 aromatic carbocycles. The molecule has 0 spiro atoms. The molecular formula is C21H19N7. The van der Waals surface area contributed by atoms with E-state index in [2.05, 4.69) is 32.0 Å². The zero-order chi connectivity index (χ0) is 19.7. The number of anilines is 2. The van der Waals surface area contributed by atoms with Crippen LogP contribution in [0.3, 0.4) is 0 Å². The molecule has 2 aromatic heterocycles. The van der Waals surface area contributed by atoms with Gasteiger partial charge in [-0.15, -0.1) is 0 Å². The minimum atomic E-state index is -0.0829. The smallest absolute Gasteiger partial charge is 0.132 e. The molecule has 0 saturated carbocycles. The lowest BCUT2D eigenvalue weighted by molar-refractivity contribution is 0.730. The van der Waals surface area contributed by atoms with Gasteiger partial charge in [0.05, 0.1) is 28.7 Å². The summed E-state index contributed by atoms with van der Waals surface area (Å²) in [6.45, 7) is 2.03. The number of rotatable bonds is 4. The number of imidazole rings is 1. The predicted molar refractivity (Wildman–Crippen MR) is 109 cm³/mol. The maximum Gasteiger partial charge on any atom is 0.132 e. The Balaban J connectivity index is 1.75. The average Bonchev–Trinajstić information content (AvgIpc) is 3.05. The lowest BCUT2D eigenvalue weighted by Crippen LogP contribution is -2.13. The van der Waals surface area contributed by atoms with Crippen molar-refractivity contribution >= 4 is 22.7 Å². The standard InChI is InChI=1S/C21H19N7/c1-13(26-19-10-18(23)24-12-25-19)21-27-17-5-3-4-16(20(17)28(21)2)15-8-6-14(11-22)7-9-15/h3-10,12-13H,1-2H3,(H3,23,24,25,26)/t13-/m0/s1. The molecule has 0 aliphatic heterocycles. The average molecular weight is 369 g/mol. The normalized spacial score (nSPS) is 11.9. The zero-order valence-electron chi connectivity index (χ0n) is 15.6. The van der Waals surface area contributed by atoms with Gasteiger partial charge in [-0.25, -0.2) is 15.0 Å². The molecule has 0 aliphatic rings. The van der Waals surface area contributed by atoms with Crippen molar-refractivity contribution in [3.05, 3.63) is 66.2 Å². The van der Waals surface area contributed by atoms with E-state index in [1.54, 1.807) is 6.07 Å². The monoisotopic (exact) mass is 369 g/mol. The lowest BCUT2D eigenvalue weighted by Gasteiger charge is -2.15. The first-order valence-electron chi connectivity index (χ1n) is 8.86. The summed E-state index contributed by atoms with van der Waals surface area (Å²) in [4.78, 5) is 12.9. The SMILES string of the molecule is C[C@H](Nc1cc(N)ncn1)c1nc2cccc(-c3ccc(C#N)cc3)c2n1C. The predicted octanol–water partition coefficient (Wildman–Crippen LogP) is 3.66. The number of nitrogen functional groups attached to an aromatic ring is 1. The fourth-order valence-corrected chi connectivity index (χ4v) is 3.37. The molecule has 0 fully saturated rings. The zero-order valence-corrected chi connectivity index (χ0v) is 15.6. The van der Waals surface area contributed by atoms with E-state index in [0.29, 0.717) is 17.2 Å². The molecule has 28 heavy (non-hydrogen) atoms. The number of para-hydroxylation sites is 1. The molecule has 0 amide bonds. The first-order valence-corrected chi connectivity index (χ1v) is 8.86. The third-order valence-corrected chi connectivity index (χ3v) is 4.69. The van der Waals surface area contributed by atoms with Crippen LogP contribution in [0, 0.1) is 11.3 Å². The summed E-state index contributed by atoms with van der Waals surface area (Å²) in [5, 5.41) is 12.4. The molecular weight excluding hydrogens is 350 g/mol. The van der Waals surface area contributed by atoms with E-state index in [0.717, 1.165) is 28.0 Å². The van der Waals surface area contributed by atoms with Crippen molar-refractivity contribution in [1.82, 2.24) is 19.5 Å². The summed E-state index contributed by atoms with van der Waals surface area (Å²) in [6, 6.07) is 17.4. The Morgan fingerprint density at radius 1 is 1.14 bits per heavy atom. The highest BCUT2D eigenvalue weighted by molar-refractivity contribution is 5.92. The van der Waals surface area contributed by atoms with Gasteiger partial charge in [-0.2, -0.15) is 5.26 Å². The Morgan fingerprint density at radius 2 is 1.93 bits per heavy atom. The van der Waals surface area contributed by atoms with Gasteiger partial charge in [0.25, 0.3) is 0 Å². The van der Waals surface area contributed by atoms with E-state index in [1.165, 1.54) is 6.33 Å². The number of fused-ring (bicyclic) bond motifs is 1. The van der Waals surface area contributed by atoms with Crippen LogP contribution in [0.1, 0.15) is 24.4 Å². The summed E-state index contributed by atoms with van der Waals surface area (Å²) < 4.78 is 2.09. The third-order valence-electron chi connectivity index (χ3n) is 4.69. The summed E-state index contributed by atoms with van der Waals surface area (Å²) in [5.41, 5.74) is 10.4. The number of hydrogen-bond donors (Lipinski definition) is 2. The summed E-state index contributed by atoms with van der Waals surface area (Å²) >= 11 is 0. The first kappa shape index (κ1) is 17.5. The maximum atomic E-state index is 9.03. The number of aryl methyl sites for hydroxylation is 1. The Bertz CT molecular complexity index is 1190. The van der Waals surface area contributed by atoms with Crippen LogP contribution in [-0.2, 0) is 7.05 Å². The topological polar surface area (TPSA) is 105 Å². The highest BCUT2D eigenvalue weighted by Gasteiger charge is 2.17. The number of aromatic nitrogens is 4. The van der Waals surface area contributed by atoms with Crippen LogP contribution in [0.4, 0.5) is 11.6 Å². The van der Waals surface area contributed by atoms with Gasteiger partial charge < -0.3 is 15.6 Å². The minimum Gasteiger partial charge on any atom is -0.384 e. The van der Waals surface area contributed by atoms with Crippen molar-refractivity contribution in [3.8, 4) is 17.2 Å². The highest BCUT2D eigenvalue weighted by atomic mass is 15.1. The molecule has 2 heterocycles. The quantitative estimate of drug-likeness (QED) is 0.569. The molecule has 0 bridgehead atoms. The van der Waals surface area contributed by atoms with Crippen LogP contribution in [0.2, 0.25) is 0 Å². The number of benzene rings is 2. The van der Waals surface area contributed by atoms with Gasteiger partial charge in [-0.05, 0) is 30.7 Å². The van der Waals surface area contributed by atoms with Gasteiger partial charge in [0.15, 0.2) is 0 Å². The van der Waals surface area contributed by atoms with Gasteiger partial charge in [0.1, 0.15) is 23.8 Å². The Hall–Kier alpha value is -3.92. The van der Waals surface area contributed by atoms with Crippen LogP contribution < -0.4 is 11.1 Å². The maximum absolute atomic E-state index is 9.03. The second kappa shape index (κ2) is 7.00. The number of nitrogens with two attached hydrogens (primary N) is 1. The van der Waals surface area contributed by atoms with Crippen molar-refractivity contribution in [1.29, 1.82) is 5.26 Å². The van der Waals surface area contributed by atoms with Crippen LogP contribution in [0.15, 0.2) is 54.9 Å². The lowest BCUT2D eigenvalue weighted by atomic mass is 10.0. The molecule has 7 heteroatoms. The van der Waals surface area contributed by atoms with E-state index in [-0.39, 0.29) is 6.04 Å². The van der Waals surface area contributed by atoms with Crippen molar-refractivity contribution in [2.75, 3.05) is 11.1 Å². The molecule has 0 aliphatic carbocycles. The van der Waals surface area contributed by atoms with Gasteiger partial charge in [-0.1, -0.05) is 24.3 Å². The Kier molecular flexibility index (Phi) is 4.38. The summed E-state index contributed by atoms with van der Waals surface area (Å²) in [6.07, 6.45) is 1.43. The minimum absolute atomic E-state index is 0.0829. The van der Waals surface area contributed by atoms with Crippen LogP contribution in [-0.4, -0.2) is 19.5 Å². The Labute approximate surface area is 162 Å². The van der Waals surface area contributed by atoms with Gasteiger partial charge in [0.2, 0.25) is 0 Å². The van der Waals surface area contributed by atoms with E-state index in [1.807, 2.05) is 50.4 Å². The van der Waals surface area contributed by atoms with Crippen molar-refractivity contribution in [2.45, 2.75) is 13.0 Å². The first-order chi connectivity index (χ1) is 13.6. The van der Waals surface area contributed by atoms with Gasteiger partial charge in [0, 0.05) is 18.7 Å². The Morgan fingerprint density at radius 3 is 2.64 bits per heavy atom. The van der Waals surface area contributed by atoms with Gasteiger partial charge >= 0.3 is 0 Å². The molecule has 0 saturated heterocycles. The van der Waals surface area contributed by atoms with Crippen molar-refractivity contribution < 1.29 is 0 Å². The van der Waals surface area contributed by atoms with E-state index in [9.17, 15) is 0 Å². The van der Waals surface area contributed by atoms with E-state index >= 15 is 0 Å². The number of nitrogens with one attached hydrogen (secondary N) is 1. The second-order valence-corrected chi connectivity index (χ2v) is 6.59. The fraction of sp³-hybridized carbons (Fsp3) is 0.143. The number of nitriles is 1. The fourth-order valence-electron chi connectivity index (χ4n) is 3.37. The number of nitrogens with zero attached hydrogens (tertiary/aromatic N) is 5. The van der Waals surface area contributed by atoms with Crippen LogP contribution >= 0.6 is 0 Å². The van der Waals surface area contributed by atoms with E-state index < -0.39 is 0 Å². The number of hydrogen-bond acceptors (Lipinski definition) is 6. The van der Waals surface area contributed by atoms with E-state index in [4.69, 9.17) is 16.0 Å². The highest BCUT2D eigenvalue weighted by Crippen LogP contribution is 2.31. The van der Waals surface area contributed by atoms with Crippen molar-refractivity contribution in [2.24, 2.45) is 7.05 Å². The molecule has 4 rings (SSSR count). The second-order valence-electron chi connectivity index (χ2n) is 6.59. The van der Waals surface area contributed by atoms with Crippen LogP contribution in [0.25, 0.3) is 22.2 Å². The molecule has 1 atom stereocenters. The third kappa shape index (κ3) is 3.12. The summed E-state index contributed by atoms with van der Waals surface area (Å²) in [7, 11) is 2.00. The molecule has 0 radical (unpaired) electrons. The molecule has 3 N–H and O–H groups in total. The van der Waals surface area contributed by atoms with Gasteiger partial charge in [-0.3, -0.25) is 0 Å².